The van der Waals surface area contributed by atoms with Crippen LogP contribution in [0.2, 0.25) is 10.2 Å². The van der Waals surface area contributed by atoms with Gasteiger partial charge >= 0.3 is 0 Å². The third-order valence-corrected chi connectivity index (χ3v) is 6.20. The Morgan fingerprint density at radius 1 is 1.42 bits per heavy atom. The molecular weight excluding hydrogens is 371 g/mol. The van der Waals surface area contributed by atoms with Crippen LogP contribution in [0.3, 0.4) is 0 Å². The number of rotatable bonds is 4. The zero-order chi connectivity index (χ0) is 17.3. The summed E-state index contributed by atoms with van der Waals surface area (Å²) >= 11 is 12.3. The fraction of sp³-hybridized carbons (Fsp3) is 0.333. The highest BCUT2D eigenvalue weighted by atomic mass is 35.5. The highest BCUT2D eigenvalue weighted by molar-refractivity contribution is 7.91. The number of halogens is 2. The van der Waals surface area contributed by atoms with Crippen molar-refractivity contribution < 1.29 is 8.42 Å². The molecule has 9 heteroatoms. The zero-order valence-electron chi connectivity index (χ0n) is 12.9. The summed E-state index contributed by atoms with van der Waals surface area (Å²) in [7, 11) is -3.00. The molecule has 1 aliphatic heterocycles. The highest BCUT2D eigenvalue weighted by Gasteiger charge is 2.31. The lowest BCUT2D eigenvalue weighted by Gasteiger charge is -2.09. The smallest absolute Gasteiger partial charge is 0.152 e. The Bertz CT molecular complexity index is 893. The molecule has 1 fully saturated rings. The molecule has 24 heavy (non-hydrogen) atoms. The number of aryl methyl sites for hydroxylation is 1. The largest absolute Gasteiger partial charge is 0.278 e. The normalized spacial score (nSPS) is 19.9. The van der Waals surface area contributed by atoms with Gasteiger partial charge in [-0.25, -0.2) is 13.1 Å². The van der Waals surface area contributed by atoms with E-state index in [1.54, 1.807) is 23.0 Å². The minimum absolute atomic E-state index is 0.0746. The SMILES string of the molecule is Cc1nn([C@@H]2CCS(=O)(=O)C2)c(Cl)c1/C=N\Nc1cccc(Cl)c1. The Balaban J connectivity index is 1.78. The highest BCUT2D eigenvalue weighted by Crippen LogP contribution is 2.29. The molecule has 1 N–H and O–H groups in total. The average molecular weight is 387 g/mol. The number of hydrogen-bond donors (Lipinski definition) is 1. The molecule has 0 saturated carbocycles. The summed E-state index contributed by atoms with van der Waals surface area (Å²) in [6.07, 6.45) is 2.10. The van der Waals surface area contributed by atoms with Crippen LogP contribution in [0.1, 0.15) is 23.7 Å². The third kappa shape index (κ3) is 3.74. The predicted molar refractivity (Wildman–Crippen MR) is 97.0 cm³/mol. The van der Waals surface area contributed by atoms with E-state index < -0.39 is 9.84 Å². The van der Waals surface area contributed by atoms with Crippen LogP contribution in [0.5, 0.6) is 0 Å². The average Bonchev–Trinajstić information content (AvgIpc) is 3.00. The van der Waals surface area contributed by atoms with Crippen molar-refractivity contribution in [1.29, 1.82) is 0 Å². The van der Waals surface area contributed by atoms with E-state index in [0.717, 1.165) is 5.69 Å². The van der Waals surface area contributed by atoms with E-state index >= 15 is 0 Å². The molecule has 1 atom stereocenters. The van der Waals surface area contributed by atoms with E-state index in [9.17, 15) is 8.42 Å². The van der Waals surface area contributed by atoms with Gasteiger partial charge in [0.1, 0.15) is 5.15 Å². The van der Waals surface area contributed by atoms with Gasteiger partial charge in [0.05, 0.1) is 40.7 Å². The lowest BCUT2D eigenvalue weighted by atomic mass is 10.2. The van der Waals surface area contributed by atoms with Gasteiger partial charge in [0.15, 0.2) is 9.84 Å². The van der Waals surface area contributed by atoms with Crippen LogP contribution < -0.4 is 5.43 Å². The van der Waals surface area contributed by atoms with Gasteiger partial charge in [-0.1, -0.05) is 29.3 Å². The van der Waals surface area contributed by atoms with Gasteiger partial charge in [0, 0.05) is 5.02 Å². The summed E-state index contributed by atoms with van der Waals surface area (Å²) in [6.45, 7) is 1.81. The molecule has 6 nitrogen and oxygen atoms in total. The van der Waals surface area contributed by atoms with Crippen molar-refractivity contribution in [3.8, 4) is 0 Å². The van der Waals surface area contributed by atoms with Crippen molar-refractivity contribution in [1.82, 2.24) is 9.78 Å². The fourth-order valence-corrected chi connectivity index (χ4v) is 4.86. The summed E-state index contributed by atoms with van der Waals surface area (Å²) in [5.74, 6) is 0.248. The third-order valence-electron chi connectivity index (χ3n) is 3.84. The molecule has 128 valence electrons. The molecule has 1 aromatic carbocycles. The van der Waals surface area contributed by atoms with E-state index in [1.807, 2.05) is 19.1 Å². The first-order valence-corrected chi connectivity index (χ1v) is 9.93. The molecule has 1 saturated heterocycles. The van der Waals surface area contributed by atoms with Crippen LogP contribution in [0.4, 0.5) is 5.69 Å². The molecule has 0 radical (unpaired) electrons. The van der Waals surface area contributed by atoms with Gasteiger partial charge in [0.2, 0.25) is 0 Å². The number of nitrogens with zero attached hydrogens (tertiary/aromatic N) is 3. The first-order chi connectivity index (χ1) is 11.4. The van der Waals surface area contributed by atoms with Crippen molar-refractivity contribution in [3.05, 3.63) is 45.7 Å². The molecule has 0 aliphatic carbocycles. The number of nitrogens with one attached hydrogen (secondary N) is 1. The Kier molecular flexibility index (Phi) is 4.85. The first kappa shape index (κ1) is 17.3. The Morgan fingerprint density at radius 2 is 2.21 bits per heavy atom. The number of anilines is 1. The summed E-state index contributed by atoms with van der Waals surface area (Å²) < 4.78 is 24.9. The molecule has 3 rings (SSSR count). The van der Waals surface area contributed by atoms with E-state index in [4.69, 9.17) is 23.2 Å². The van der Waals surface area contributed by atoms with Crippen LogP contribution in [-0.4, -0.2) is 35.9 Å². The Morgan fingerprint density at radius 3 is 2.88 bits per heavy atom. The van der Waals surface area contributed by atoms with Gasteiger partial charge < -0.3 is 0 Å². The van der Waals surface area contributed by atoms with Gasteiger partial charge in [-0.15, -0.1) is 0 Å². The van der Waals surface area contributed by atoms with E-state index in [0.29, 0.717) is 27.9 Å². The number of benzene rings is 1. The Labute approximate surface area is 150 Å². The fourth-order valence-electron chi connectivity index (χ4n) is 2.62. The number of hydrogen-bond acceptors (Lipinski definition) is 5. The summed E-state index contributed by atoms with van der Waals surface area (Å²) in [5, 5.41) is 9.54. The van der Waals surface area contributed by atoms with Crippen LogP contribution in [-0.2, 0) is 9.84 Å². The van der Waals surface area contributed by atoms with Crippen LogP contribution in [0.25, 0.3) is 0 Å². The second kappa shape index (κ2) is 6.74. The van der Waals surface area contributed by atoms with Gasteiger partial charge in [-0.05, 0) is 31.5 Å². The second-order valence-corrected chi connectivity index (χ2v) is 8.69. The minimum Gasteiger partial charge on any atom is -0.278 e. The number of aromatic nitrogens is 2. The Hall–Kier alpha value is -1.57. The molecule has 0 spiro atoms. The maximum absolute atomic E-state index is 11.6. The number of sulfone groups is 1. The second-order valence-electron chi connectivity index (χ2n) is 5.67. The molecule has 0 unspecified atom stereocenters. The number of hydrazone groups is 1. The standard InChI is InChI=1S/C15H16Cl2N4O2S/c1-10-14(8-18-19-12-4-2-3-11(16)7-12)15(17)21(20-10)13-5-6-24(22,23)9-13/h2-4,7-8,13,19H,5-6,9H2,1H3/b18-8-/t13-/m1/s1. The molecule has 1 aromatic heterocycles. The van der Waals surface area contributed by atoms with Crippen molar-refractivity contribution in [3.63, 3.8) is 0 Å². The first-order valence-electron chi connectivity index (χ1n) is 7.35. The molecule has 1 aliphatic rings. The van der Waals surface area contributed by atoms with Crippen molar-refractivity contribution in [2.24, 2.45) is 5.10 Å². The maximum atomic E-state index is 11.6. The zero-order valence-corrected chi connectivity index (χ0v) is 15.2. The molecule has 0 bridgehead atoms. The predicted octanol–water partition coefficient (Wildman–Crippen LogP) is 3.30. The molecule has 2 heterocycles. The van der Waals surface area contributed by atoms with Crippen molar-refractivity contribution in [2.75, 3.05) is 16.9 Å². The van der Waals surface area contributed by atoms with E-state index in [1.165, 1.54) is 0 Å². The van der Waals surface area contributed by atoms with Gasteiger partial charge in [-0.2, -0.15) is 10.2 Å². The lowest BCUT2D eigenvalue weighted by molar-refractivity contribution is 0.497. The quantitative estimate of drug-likeness (QED) is 0.645. The molecule has 0 amide bonds. The summed E-state index contributed by atoms with van der Waals surface area (Å²) in [5.41, 5.74) is 4.98. The van der Waals surface area contributed by atoms with Crippen molar-refractivity contribution >= 4 is 44.9 Å². The maximum Gasteiger partial charge on any atom is 0.152 e. The van der Waals surface area contributed by atoms with Crippen LogP contribution in [0, 0.1) is 6.92 Å². The summed E-state index contributed by atoms with van der Waals surface area (Å²) in [4.78, 5) is 0. The van der Waals surface area contributed by atoms with Gasteiger partial charge in [-0.3, -0.25) is 5.43 Å². The van der Waals surface area contributed by atoms with E-state index in [2.05, 4.69) is 15.6 Å². The molecular formula is C15H16Cl2N4O2S. The summed E-state index contributed by atoms with van der Waals surface area (Å²) in [6, 6.07) is 6.96. The molecule has 2 aromatic rings. The van der Waals surface area contributed by atoms with Crippen LogP contribution in [0.15, 0.2) is 29.4 Å². The van der Waals surface area contributed by atoms with E-state index in [-0.39, 0.29) is 17.5 Å². The van der Waals surface area contributed by atoms with Crippen molar-refractivity contribution in [2.45, 2.75) is 19.4 Å². The minimum atomic E-state index is -3.00. The van der Waals surface area contributed by atoms with Gasteiger partial charge in [0.25, 0.3) is 0 Å². The topological polar surface area (TPSA) is 76.3 Å². The van der Waals surface area contributed by atoms with Crippen LogP contribution >= 0.6 is 23.2 Å². The monoisotopic (exact) mass is 386 g/mol. The lowest BCUT2D eigenvalue weighted by Crippen LogP contribution is -2.12.